The summed E-state index contributed by atoms with van der Waals surface area (Å²) >= 11 is 0. The van der Waals surface area contributed by atoms with E-state index in [9.17, 15) is 0 Å². The predicted molar refractivity (Wildman–Crippen MR) is 101 cm³/mol. The Morgan fingerprint density at radius 1 is 0.542 bits per heavy atom. The van der Waals surface area contributed by atoms with E-state index >= 15 is 0 Å². The van der Waals surface area contributed by atoms with E-state index in [1.807, 2.05) is 0 Å². The summed E-state index contributed by atoms with van der Waals surface area (Å²) < 4.78 is 8.88. The van der Waals surface area contributed by atoms with Gasteiger partial charge in [0.15, 0.2) is 0 Å². The van der Waals surface area contributed by atoms with Gasteiger partial charge in [0.1, 0.15) is 0 Å². The minimum atomic E-state index is -4.64. The molecule has 0 radical (unpaired) electrons. The molecule has 0 aromatic rings. The van der Waals surface area contributed by atoms with E-state index < -0.39 is 7.82 Å². The Kier molecular flexibility index (Phi) is 23.1. The number of hydrogen-bond acceptors (Lipinski definition) is 2. The lowest BCUT2D eigenvalue weighted by molar-refractivity contribution is 0.275. The molecule has 0 fully saturated rings. The van der Waals surface area contributed by atoms with Gasteiger partial charge in [0.05, 0.1) is 0 Å². The van der Waals surface area contributed by atoms with E-state index in [1.165, 1.54) is 96.3 Å². The van der Waals surface area contributed by atoms with Crippen LogP contribution in [0.15, 0.2) is 0 Å². The molecule has 0 aromatic carbocycles. The highest BCUT2D eigenvalue weighted by Gasteiger charge is 2.00. The van der Waals surface area contributed by atoms with Crippen LogP contribution in [0.1, 0.15) is 110 Å². The summed E-state index contributed by atoms with van der Waals surface area (Å²) in [6.45, 7) is 2.66. The molecular formula is C18H41O5P. The van der Waals surface area contributed by atoms with Crippen molar-refractivity contribution in [3.63, 3.8) is 0 Å². The Balaban J connectivity index is 0. The quantitative estimate of drug-likeness (QED) is 0.218. The van der Waals surface area contributed by atoms with Crippen molar-refractivity contribution >= 4 is 7.82 Å². The largest absolute Gasteiger partial charge is 0.466 e. The van der Waals surface area contributed by atoms with Gasteiger partial charge in [0, 0.05) is 6.61 Å². The Bertz CT molecular complexity index is 244. The standard InChI is InChI=1S/C18H38O.H3O4P/c1-2-3-4-5-6-7-8-9-10-11-12-13-14-15-16-17-18-19;1-5(2,3)4/h19H,2-18H2,1H3;(H3,1,2,3,4). The smallest absolute Gasteiger partial charge is 0.396 e. The molecule has 4 N–H and O–H groups in total. The summed E-state index contributed by atoms with van der Waals surface area (Å²) in [7, 11) is -4.64. The van der Waals surface area contributed by atoms with Crippen LogP contribution >= 0.6 is 7.82 Å². The van der Waals surface area contributed by atoms with Crippen molar-refractivity contribution in [2.75, 3.05) is 6.61 Å². The first-order valence-corrected chi connectivity index (χ1v) is 11.4. The lowest BCUT2D eigenvalue weighted by Gasteiger charge is -2.03. The molecule has 0 aliphatic rings. The van der Waals surface area contributed by atoms with Crippen LogP contribution < -0.4 is 0 Å². The van der Waals surface area contributed by atoms with E-state index in [0.717, 1.165) is 6.42 Å². The molecule has 0 aliphatic carbocycles. The maximum atomic E-state index is 8.88. The summed E-state index contributed by atoms with van der Waals surface area (Å²) in [6, 6.07) is 0. The van der Waals surface area contributed by atoms with Crippen molar-refractivity contribution in [3.05, 3.63) is 0 Å². The molecule has 0 aliphatic heterocycles. The molecule has 0 heterocycles. The van der Waals surface area contributed by atoms with E-state index in [0.29, 0.717) is 6.61 Å². The van der Waals surface area contributed by atoms with Crippen LogP contribution in [0.2, 0.25) is 0 Å². The van der Waals surface area contributed by atoms with Crippen LogP contribution in [-0.4, -0.2) is 26.4 Å². The molecule has 0 spiro atoms. The first-order chi connectivity index (χ1) is 11.4. The highest BCUT2D eigenvalue weighted by Crippen LogP contribution is 2.25. The molecule has 5 nitrogen and oxygen atoms in total. The van der Waals surface area contributed by atoms with Crippen LogP contribution in [0.25, 0.3) is 0 Å². The fourth-order valence-electron chi connectivity index (χ4n) is 2.66. The Hall–Kier alpha value is 0.0700. The fourth-order valence-corrected chi connectivity index (χ4v) is 2.66. The number of rotatable bonds is 16. The Labute approximate surface area is 149 Å². The summed E-state index contributed by atoms with van der Waals surface area (Å²) in [6.07, 6.45) is 22.2. The molecule has 0 bridgehead atoms. The predicted octanol–water partition coefficient (Wildman–Crippen LogP) is 5.31. The third kappa shape index (κ3) is 37.9. The average Bonchev–Trinajstić information content (AvgIpc) is 2.49. The van der Waals surface area contributed by atoms with Gasteiger partial charge in [-0.25, -0.2) is 4.57 Å². The number of unbranched alkanes of at least 4 members (excludes halogenated alkanes) is 15. The molecule has 6 heteroatoms. The monoisotopic (exact) mass is 368 g/mol. The van der Waals surface area contributed by atoms with Gasteiger partial charge in [-0.1, -0.05) is 103 Å². The minimum Gasteiger partial charge on any atom is -0.396 e. The van der Waals surface area contributed by atoms with Crippen LogP contribution in [-0.2, 0) is 4.57 Å². The molecule has 0 aromatic heterocycles. The van der Waals surface area contributed by atoms with Crippen LogP contribution in [0.3, 0.4) is 0 Å². The molecule has 24 heavy (non-hydrogen) atoms. The summed E-state index contributed by atoms with van der Waals surface area (Å²) in [5.74, 6) is 0. The molecule has 0 atom stereocenters. The lowest BCUT2D eigenvalue weighted by Crippen LogP contribution is -1.85. The van der Waals surface area contributed by atoms with Gasteiger partial charge in [-0.3, -0.25) is 0 Å². The second-order valence-electron chi connectivity index (χ2n) is 6.54. The molecule has 0 unspecified atom stereocenters. The fraction of sp³-hybridized carbons (Fsp3) is 1.00. The second-order valence-corrected chi connectivity index (χ2v) is 7.57. The van der Waals surface area contributed by atoms with Crippen LogP contribution in [0.5, 0.6) is 0 Å². The summed E-state index contributed by atoms with van der Waals surface area (Å²) in [5.41, 5.74) is 0. The number of aliphatic hydroxyl groups is 1. The maximum absolute atomic E-state index is 8.88. The Morgan fingerprint density at radius 3 is 0.958 bits per heavy atom. The van der Waals surface area contributed by atoms with Crippen molar-refractivity contribution in [3.8, 4) is 0 Å². The molecular weight excluding hydrogens is 327 g/mol. The first kappa shape index (κ1) is 26.3. The van der Waals surface area contributed by atoms with E-state index in [2.05, 4.69) is 6.92 Å². The van der Waals surface area contributed by atoms with E-state index in [-0.39, 0.29) is 0 Å². The van der Waals surface area contributed by atoms with Gasteiger partial charge in [-0.05, 0) is 6.42 Å². The number of phosphoric acid groups is 1. The maximum Gasteiger partial charge on any atom is 0.466 e. The van der Waals surface area contributed by atoms with Gasteiger partial charge >= 0.3 is 7.82 Å². The topological polar surface area (TPSA) is 98.0 Å². The van der Waals surface area contributed by atoms with Gasteiger partial charge in [-0.15, -0.1) is 0 Å². The van der Waals surface area contributed by atoms with Gasteiger partial charge in [-0.2, -0.15) is 0 Å². The van der Waals surface area contributed by atoms with Gasteiger partial charge < -0.3 is 19.8 Å². The lowest BCUT2D eigenvalue weighted by atomic mass is 10.0. The van der Waals surface area contributed by atoms with Gasteiger partial charge in [0.25, 0.3) is 0 Å². The molecule has 0 rings (SSSR count). The number of hydrogen-bond donors (Lipinski definition) is 4. The third-order valence-electron chi connectivity index (χ3n) is 4.01. The van der Waals surface area contributed by atoms with Crippen LogP contribution in [0.4, 0.5) is 0 Å². The highest BCUT2D eigenvalue weighted by molar-refractivity contribution is 7.45. The zero-order chi connectivity index (χ0) is 18.5. The van der Waals surface area contributed by atoms with Crippen molar-refractivity contribution in [1.82, 2.24) is 0 Å². The van der Waals surface area contributed by atoms with Crippen molar-refractivity contribution in [1.29, 1.82) is 0 Å². The van der Waals surface area contributed by atoms with Crippen molar-refractivity contribution in [2.24, 2.45) is 0 Å². The molecule has 0 saturated carbocycles. The number of aliphatic hydroxyl groups excluding tert-OH is 1. The minimum absolute atomic E-state index is 0.373. The van der Waals surface area contributed by atoms with Gasteiger partial charge in [0.2, 0.25) is 0 Å². The Morgan fingerprint density at radius 2 is 0.750 bits per heavy atom. The van der Waals surface area contributed by atoms with Crippen LogP contribution in [0, 0.1) is 0 Å². The third-order valence-corrected chi connectivity index (χ3v) is 4.01. The molecule has 148 valence electrons. The summed E-state index contributed by atoms with van der Waals surface area (Å²) in [4.78, 5) is 21.6. The SMILES string of the molecule is CCCCCCCCCCCCCCCCCCO.O=P(O)(O)O. The van der Waals surface area contributed by atoms with Crippen molar-refractivity contribution in [2.45, 2.75) is 110 Å². The molecule has 0 amide bonds. The normalized spacial score (nSPS) is 11.2. The zero-order valence-corrected chi connectivity index (χ0v) is 16.6. The summed E-state index contributed by atoms with van der Waals surface area (Å²) in [5, 5.41) is 8.67. The highest BCUT2D eigenvalue weighted by atomic mass is 31.2. The van der Waals surface area contributed by atoms with E-state index in [4.69, 9.17) is 24.4 Å². The zero-order valence-electron chi connectivity index (χ0n) is 15.7. The first-order valence-electron chi connectivity index (χ1n) is 9.81. The second kappa shape index (κ2) is 21.1. The molecule has 0 saturated heterocycles. The average molecular weight is 368 g/mol. The van der Waals surface area contributed by atoms with Crippen molar-refractivity contribution < 1.29 is 24.4 Å². The van der Waals surface area contributed by atoms with E-state index in [1.54, 1.807) is 0 Å².